The first-order chi connectivity index (χ1) is 9.06. The van der Waals surface area contributed by atoms with E-state index in [4.69, 9.17) is 9.47 Å². The molecule has 1 aliphatic heterocycles. The van der Waals surface area contributed by atoms with Crippen molar-refractivity contribution in [1.29, 1.82) is 0 Å². The van der Waals surface area contributed by atoms with Gasteiger partial charge in [-0.25, -0.2) is 0 Å². The highest BCUT2D eigenvalue weighted by molar-refractivity contribution is 5.76. The lowest BCUT2D eigenvalue weighted by Crippen LogP contribution is -2.30. The lowest BCUT2D eigenvalue weighted by Gasteiger charge is -2.12. The largest absolute Gasteiger partial charge is 0.454 e. The summed E-state index contributed by atoms with van der Waals surface area (Å²) in [5.74, 6) is 1.28. The van der Waals surface area contributed by atoms with Gasteiger partial charge in [-0.1, -0.05) is 6.07 Å². The first-order valence-corrected chi connectivity index (χ1v) is 6.43. The summed E-state index contributed by atoms with van der Waals surface area (Å²) in [6.07, 6.45) is 0.0128. The van der Waals surface area contributed by atoms with E-state index in [1.165, 1.54) is 0 Å². The molecule has 0 saturated carbocycles. The monoisotopic (exact) mass is 265 g/mol. The lowest BCUT2D eigenvalue weighted by molar-refractivity contribution is -0.122. The molecular formula is C14H19NO4. The molecule has 1 heterocycles. The van der Waals surface area contributed by atoms with Gasteiger partial charge in [-0.3, -0.25) is 4.79 Å². The number of nitrogens with one attached hydrogen (secondary N) is 1. The van der Waals surface area contributed by atoms with Gasteiger partial charge in [-0.15, -0.1) is 0 Å². The molecule has 2 N–H and O–H groups in total. The van der Waals surface area contributed by atoms with Gasteiger partial charge in [-0.05, 0) is 38.0 Å². The van der Waals surface area contributed by atoms with Gasteiger partial charge in [0.2, 0.25) is 12.7 Å². The van der Waals surface area contributed by atoms with E-state index < -0.39 is 6.10 Å². The summed E-state index contributed by atoms with van der Waals surface area (Å²) in [7, 11) is 0. The molecule has 0 aliphatic carbocycles. The maximum Gasteiger partial charge on any atom is 0.231 e. The number of rotatable bonds is 5. The molecule has 1 aromatic rings. The Morgan fingerprint density at radius 1 is 1.37 bits per heavy atom. The van der Waals surface area contributed by atoms with Crippen molar-refractivity contribution in [3.63, 3.8) is 0 Å². The summed E-state index contributed by atoms with van der Waals surface area (Å²) in [6.45, 7) is 4.03. The minimum absolute atomic E-state index is 0.0465. The topological polar surface area (TPSA) is 67.8 Å². The van der Waals surface area contributed by atoms with Crippen molar-refractivity contribution in [3.8, 4) is 11.5 Å². The van der Waals surface area contributed by atoms with E-state index in [0.717, 1.165) is 5.56 Å². The molecule has 1 unspecified atom stereocenters. The van der Waals surface area contributed by atoms with Crippen LogP contribution < -0.4 is 14.8 Å². The van der Waals surface area contributed by atoms with Crippen molar-refractivity contribution in [1.82, 2.24) is 5.32 Å². The van der Waals surface area contributed by atoms with Crippen LogP contribution in [0.3, 0.4) is 0 Å². The fourth-order valence-corrected chi connectivity index (χ4v) is 1.95. The normalized spacial score (nSPS) is 14.5. The SMILES string of the molecule is CC(C)NC(=O)CCC(O)c1ccc2c(c1)OCO2. The molecule has 1 atom stereocenters. The van der Waals surface area contributed by atoms with Gasteiger partial charge in [0.15, 0.2) is 11.5 Å². The lowest BCUT2D eigenvalue weighted by atomic mass is 10.0. The molecule has 0 saturated heterocycles. The molecule has 0 aromatic heterocycles. The third kappa shape index (κ3) is 3.61. The summed E-state index contributed by atoms with van der Waals surface area (Å²) >= 11 is 0. The third-order valence-corrected chi connectivity index (χ3v) is 2.88. The molecule has 104 valence electrons. The number of hydrogen-bond acceptors (Lipinski definition) is 4. The predicted molar refractivity (Wildman–Crippen MR) is 70.0 cm³/mol. The van der Waals surface area contributed by atoms with Crippen LogP contribution in [0, 0.1) is 0 Å². The van der Waals surface area contributed by atoms with E-state index in [-0.39, 0.29) is 18.7 Å². The Bertz CT molecular complexity index is 459. The van der Waals surface area contributed by atoms with Gasteiger partial charge in [0, 0.05) is 12.5 Å². The van der Waals surface area contributed by atoms with Crippen LogP contribution in [0.25, 0.3) is 0 Å². The van der Waals surface area contributed by atoms with Crippen LogP contribution in [0.4, 0.5) is 0 Å². The van der Waals surface area contributed by atoms with Crippen LogP contribution >= 0.6 is 0 Å². The average Bonchev–Trinajstić information content (AvgIpc) is 2.82. The van der Waals surface area contributed by atoms with Crippen LogP contribution in [0.15, 0.2) is 18.2 Å². The van der Waals surface area contributed by atoms with Gasteiger partial charge >= 0.3 is 0 Å². The van der Waals surface area contributed by atoms with Crippen molar-refractivity contribution in [2.24, 2.45) is 0 Å². The van der Waals surface area contributed by atoms with Crippen LogP contribution in [-0.2, 0) is 4.79 Å². The van der Waals surface area contributed by atoms with Gasteiger partial charge < -0.3 is 19.9 Å². The zero-order valence-corrected chi connectivity index (χ0v) is 11.2. The molecule has 1 amide bonds. The van der Waals surface area contributed by atoms with Crippen LogP contribution in [0.2, 0.25) is 0 Å². The Kier molecular flexibility index (Phi) is 4.27. The first kappa shape index (κ1) is 13.7. The van der Waals surface area contributed by atoms with E-state index in [1.54, 1.807) is 18.2 Å². The number of fused-ring (bicyclic) bond motifs is 1. The predicted octanol–water partition coefficient (Wildman–Crippen LogP) is 1.75. The Morgan fingerprint density at radius 3 is 2.84 bits per heavy atom. The minimum atomic E-state index is -0.674. The fraction of sp³-hybridized carbons (Fsp3) is 0.500. The second-order valence-electron chi connectivity index (χ2n) is 4.89. The van der Waals surface area contributed by atoms with Crippen LogP contribution in [-0.4, -0.2) is 23.8 Å². The summed E-state index contributed by atoms with van der Waals surface area (Å²) < 4.78 is 10.5. The average molecular weight is 265 g/mol. The summed E-state index contributed by atoms with van der Waals surface area (Å²) in [5.41, 5.74) is 0.738. The van der Waals surface area contributed by atoms with Crippen molar-refractivity contribution < 1.29 is 19.4 Å². The van der Waals surface area contributed by atoms with Crippen molar-refractivity contribution in [2.45, 2.75) is 38.8 Å². The maximum absolute atomic E-state index is 11.5. The van der Waals surface area contributed by atoms with Gasteiger partial charge in [0.05, 0.1) is 6.10 Å². The molecule has 1 aliphatic rings. The maximum atomic E-state index is 11.5. The van der Waals surface area contributed by atoms with E-state index >= 15 is 0 Å². The molecule has 1 aromatic carbocycles. The standard InChI is InChI=1S/C14H19NO4/c1-9(2)15-14(17)6-4-11(16)10-3-5-12-13(7-10)19-8-18-12/h3,5,7,9,11,16H,4,6,8H2,1-2H3,(H,15,17). The molecule has 0 fully saturated rings. The zero-order chi connectivity index (χ0) is 13.8. The number of benzene rings is 1. The molecular weight excluding hydrogens is 246 g/mol. The Morgan fingerprint density at radius 2 is 2.11 bits per heavy atom. The number of aliphatic hydroxyl groups excluding tert-OH is 1. The highest BCUT2D eigenvalue weighted by Crippen LogP contribution is 2.34. The number of carbonyl (C=O) groups is 1. The highest BCUT2D eigenvalue weighted by atomic mass is 16.7. The Balaban J connectivity index is 1.89. The van der Waals surface area contributed by atoms with Crippen molar-refractivity contribution in [2.75, 3.05) is 6.79 Å². The first-order valence-electron chi connectivity index (χ1n) is 6.43. The number of ether oxygens (including phenoxy) is 2. The van der Waals surface area contributed by atoms with Gasteiger partial charge in [0.1, 0.15) is 0 Å². The van der Waals surface area contributed by atoms with Gasteiger partial charge in [0.25, 0.3) is 0 Å². The van der Waals surface area contributed by atoms with E-state index in [1.807, 2.05) is 13.8 Å². The smallest absolute Gasteiger partial charge is 0.231 e. The third-order valence-electron chi connectivity index (χ3n) is 2.88. The molecule has 2 rings (SSSR count). The fourth-order valence-electron chi connectivity index (χ4n) is 1.95. The summed E-state index contributed by atoms with van der Waals surface area (Å²) in [5, 5.41) is 12.9. The number of hydrogen-bond donors (Lipinski definition) is 2. The van der Waals surface area contributed by atoms with E-state index in [2.05, 4.69) is 5.32 Å². The van der Waals surface area contributed by atoms with Crippen LogP contribution in [0.5, 0.6) is 11.5 Å². The minimum Gasteiger partial charge on any atom is -0.454 e. The zero-order valence-electron chi connectivity index (χ0n) is 11.2. The van der Waals surface area contributed by atoms with E-state index in [9.17, 15) is 9.90 Å². The Hall–Kier alpha value is -1.75. The molecule has 0 spiro atoms. The molecule has 0 radical (unpaired) electrons. The molecule has 0 bridgehead atoms. The van der Waals surface area contributed by atoms with Crippen LogP contribution in [0.1, 0.15) is 38.4 Å². The van der Waals surface area contributed by atoms with Crippen molar-refractivity contribution >= 4 is 5.91 Å². The van der Waals surface area contributed by atoms with Gasteiger partial charge in [-0.2, -0.15) is 0 Å². The number of carbonyl (C=O) groups excluding carboxylic acids is 1. The van der Waals surface area contributed by atoms with Crippen molar-refractivity contribution in [3.05, 3.63) is 23.8 Å². The quantitative estimate of drug-likeness (QED) is 0.851. The molecule has 5 nitrogen and oxygen atoms in total. The number of amides is 1. The molecule has 19 heavy (non-hydrogen) atoms. The van der Waals surface area contributed by atoms with E-state index in [0.29, 0.717) is 24.3 Å². The highest BCUT2D eigenvalue weighted by Gasteiger charge is 2.17. The summed E-state index contributed by atoms with van der Waals surface area (Å²) in [4.78, 5) is 11.5. The number of aliphatic hydroxyl groups is 1. The molecule has 5 heteroatoms. The second kappa shape index (κ2) is 5.93. The Labute approximate surface area is 112 Å². The summed E-state index contributed by atoms with van der Waals surface area (Å²) in [6, 6.07) is 5.44. The second-order valence-corrected chi connectivity index (χ2v) is 4.89.